The van der Waals surface area contributed by atoms with Crippen LogP contribution in [0.2, 0.25) is 0 Å². The van der Waals surface area contributed by atoms with E-state index >= 15 is 0 Å². The van der Waals surface area contributed by atoms with Gasteiger partial charge in [0.2, 0.25) is 0 Å². The maximum absolute atomic E-state index is 13.4. The van der Waals surface area contributed by atoms with Crippen molar-refractivity contribution in [3.8, 4) is 0 Å². The Morgan fingerprint density at radius 1 is 0.789 bits per heavy atom. The van der Waals surface area contributed by atoms with Crippen LogP contribution in [0.15, 0.2) is 121 Å². The van der Waals surface area contributed by atoms with Crippen molar-refractivity contribution in [3.05, 3.63) is 121 Å². The molecule has 0 radical (unpaired) electrons. The van der Waals surface area contributed by atoms with E-state index < -0.39 is 7.92 Å². The SMILES string of the molecule is CC(=CC(=O)/C(=C/C=C/C(C)(C)C)CC(C)(C)C)Nc1ccccc1P(c1ccccc1)c1ccccc1. The minimum Gasteiger partial charge on any atom is -0.358 e. The van der Waals surface area contributed by atoms with Crippen molar-refractivity contribution in [2.24, 2.45) is 10.8 Å². The van der Waals surface area contributed by atoms with Gasteiger partial charge in [-0.25, -0.2) is 0 Å². The fourth-order valence-corrected chi connectivity index (χ4v) is 6.55. The molecule has 0 unspecified atom stereocenters. The number of allylic oxidation sites excluding steroid dienone is 6. The van der Waals surface area contributed by atoms with E-state index in [9.17, 15) is 4.79 Å². The molecule has 0 atom stereocenters. The van der Waals surface area contributed by atoms with Gasteiger partial charge in [-0.15, -0.1) is 0 Å². The lowest BCUT2D eigenvalue weighted by Crippen LogP contribution is -2.23. The molecule has 3 heteroatoms. The molecule has 0 saturated heterocycles. The van der Waals surface area contributed by atoms with Crippen molar-refractivity contribution < 1.29 is 4.79 Å². The Hall–Kier alpha value is -3.22. The van der Waals surface area contributed by atoms with E-state index in [0.717, 1.165) is 17.0 Å². The molecule has 0 spiro atoms. The quantitative estimate of drug-likeness (QED) is 0.174. The number of para-hydroxylation sites is 1. The number of carbonyl (C=O) groups excluding carboxylic acids is 1. The van der Waals surface area contributed by atoms with Gasteiger partial charge >= 0.3 is 0 Å². The number of carbonyl (C=O) groups is 1. The minimum absolute atomic E-state index is 0.0139. The molecule has 0 aliphatic rings. The lowest BCUT2D eigenvalue weighted by molar-refractivity contribution is -0.111. The van der Waals surface area contributed by atoms with Gasteiger partial charge in [-0.2, -0.15) is 0 Å². The third-order valence-corrected chi connectivity index (χ3v) is 8.28. The van der Waals surface area contributed by atoms with E-state index in [1.54, 1.807) is 6.08 Å². The van der Waals surface area contributed by atoms with Gasteiger partial charge in [0.05, 0.1) is 0 Å². The second-order valence-corrected chi connectivity index (χ2v) is 14.2. The van der Waals surface area contributed by atoms with Gasteiger partial charge in [0.15, 0.2) is 5.78 Å². The van der Waals surface area contributed by atoms with Crippen molar-refractivity contribution in [2.45, 2.75) is 54.9 Å². The zero-order valence-electron chi connectivity index (χ0n) is 24.0. The molecular formula is C35H42NOP. The Kier molecular flexibility index (Phi) is 10.1. The van der Waals surface area contributed by atoms with E-state index in [0.29, 0.717) is 6.42 Å². The summed E-state index contributed by atoms with van der Waals surface area (Å²) in [4.78, 5) is 13.4. The summed E-state index contributed by atoms with van der Waals surface area (Å²) in [6.07, 6.45) is 8.61. The molecule has 3 rings (SSSR count). The Balaban J connectivity index is 1.95. The molecular weight excluding hydrogens is 481 g/mol. The molecule has 0 fully saturated rings. The molecule has 0 saturated carbocycles. The molecule has 0 aromatic heterocycles. The summed E-state index contributed by atoms with van der Waals surface area (Å²) in [6.45, 7) is 15.0. The van der Waals surface area contributed by atoms with Crippen LogP contribution in [0.5, 0.6) is 0 Å². The number of hydrogen-bond acceptors (Lipinski definition) is 2. The molecule has 38 heavy (non-hydrogen) atoms. The van der Waals surface area contributed by atoms with Gasteiger partial charge in [0.1, 0.15) is 0 Å². The molecule has 0 bridgehead atoms. The molecule has 0 heterocycles. The lowest BCUT2D eigenvalue weighted by atomic mass is 9.86. The fraction of sp³-hybridized carbons (Fsp3) is 0.286. The second-order valence-electron chi connectivity index (χ2n) is 12.0. The molecule has 3 aromatic carbocycles. The number of benzene rings is 3. The zero-order valence-corrected chi connectivity index (χ0v) is 24.8. The molecule has 0 aliphatic carbocycles. The first-order chi connectivity index (χ1) is 17.9. The van der Waals surface area contributed by atoms with Crippen LogP contribution in [-0.4, -0.2) is 5.78 Å². The highest BCUT2D eigenvalue weighted by atomic mass is 31.1. The van der Waals surface area contributed by atoms with E-state index in [-0.39, 0.29) is 16.6 Å². The van der Waals surface area contributed by atoms with Crippen LogP contribution < -0.4 is 21.2 Å². The molecule has 0 aliphatic heterocycles. The van der Waals surface area contributed by atoms with Crippen molar-refractivity contribution in [1.29, 1.82) is 0 Å². The number of anilines is 1. The van der Waals surface area contributed by atoms with Crippen LogP contribution in [-0.2, 0) is 4.79 Å². The Labute approximate surface area is 231 Å². The first kappa shape index (κ1) is 29.3. The first-order valence-electron chi connectivity index (χ1n) is 13.3. The summed E-state index contributed by atoms with van der Waals surface area (Å²) in [5.41, 5.74) is 2.77. The summed E-state index contributed by atoms with van der Waals surface area (Å²) in [5, 5.41) is 7.39. The summed E-state index contributed by atoms with van der Waals surface area (Å²) in [5.74, 6) is 0.0503. The van der Waals surface area contributed by atoms with E-state index in [4.69, 9.17) is 0 Å². The van der Waals surface area contributed by atoms with Gasteiger partial charge in [0.25, 0.3) is 0 Å². The lowest BCUT2D eigenvalue weighted by Gasteiger charge is -2.23. The zero-order chi connectivity index (χ0) is 27.8. The van der Waals surface area contributed by atoms with E-state index in [2.05, 4.69) is 132 Å². The number of rotatable bonds is 9. The third-order valence-electron chi connectivity index (χ3n) is 5.78. The number of hydrogen-bond donors (Lipinski definition) is 1. The predicted octanol–water partition coefficient (Wildman–Crippen LogP) is 8.29. The van der Waals surface area contributed by atoms with Crippen LogP contribution in [0.4, 0.5) is 5.69 Å². The Bertz CT molecular complexity index is 1250. The molecule has 198 valence electrons. The maximum atomic E-state index is 13.4. The smallest absolute Gasteiger partial charge is 0.183 e. The average Bonchev–Trinajstić information content (AvgIpc) is 2.84. The summed E-state index contributed by atoms with van der Waals surface area (Å²) in [7, 11) is -0.763. The maximum Gasteiger partial charge on any atom is 0.183 e. The topological polar surface area (TPSA) is 29.1 Å². The highest BCUT2D eigenvalue weighted by molar-refractivity contribution is 7.80. The highest BCUT2D eigenvalue weighted by Crippen LogP contribution is 2.36. The van der Waals surface area contributed by atoms with Gasteiger partial charge < -0.3 is 5.32 Å². The first-order valence-corrected chi connectivity index (χ1v) is 14.6. The molecule has 0 amide bonds. The van der Waals surface area contributed by atoms with Gasteiger partial charge in [-0.05, 0) is 48.8 Å². The monoisotopic (exact) mass is 523 g/mol. The van der Waals surface area contributed by atoms with Crippen LogP contribution >= 0.6 is 7.92 Å². The van der Waals surface area contributed by atoms with E-state index in [1.165, 1.54) is 15.9 Å². The molecule has 3 aromatic rings. The highest BCUT2D eigenvalue weighted by Gasteiger charge is 2.20. The van der Waals surface area contributed by atoms with Crippen LogP contribution in [0.3, 0.4) is 0 Å². The van der Waals surface area contributed by atoms with Crippen molar-refractivity contribution in [2.75, 3.05) is 5.32 Å². The van der Waals surface area contributed by atoms with Gasteiger partial charge in [0, 0.05) is 28.3 Å². The van der Waals surface area contributed by atoms with Crippen molar-refractivity contribution in [1.82, 2.24) is 0 Å². The van der Waals surface area contributed by atoms with Crippen LogP contribution in [0, 0.1) is 10.8 Å². The van der Waals surface area contributed by atoms with Gasteiger partial charge in [-0.3, -0.25) is 4.79 Å². The molecule has 1 N–H and O–H groups in total. The Morgan fingerprint density at radius 2 is 1.32 bits per heavy atom. The van der Waals surface area contributed by atoms with Crippen molar-refractivity contribution >= 4 is 35.3 Å². The second kappa shape index (κ2) is 13.0. The predicted molar refractivity (Wildman–Crippen MR) is 168 cm³/mol. The van der Waals surface area contributed by atoms with E-state index in [1.807, 2.05) is 25.1 Å². The van der Waals surface area contributed by atoms with Gasteiger partial charge in [-0.1, -0.05) is 139 Å². The van der Waals surface area contributed by atoms with Crippen LogP contribution in [0.25, 0.3) is 0 Å². The standard InChI is InChI=1S/C35H42NOP/c1-27(25-32(37)28(26-35(5,6)7)17-16-24-34(2,3)4)36-31-22-14-15-23-33(31)38(29-18-10-8-11-19-29)30-20-12-9-13-21-30/h8-25,36H,26H2,1-7H3/b24-16+,27-25?,28-17+. The minimum atomic E-state index is -0.763. The van der Waals surface area contributed by atoms with Crippen molar-refractivity contribution in [3.63, 3.8) is 0 Å². The average molecular weight is 524 g/mol. The number of nitrogens with one attached hydrogen (secondary N) is 1. The third kappa shape index (κ3) is 9.26. The van der Waals surface area contributed by atoms with Crippen LogP contribution in [0.1, 0.15) is 54.9 Å². The normalized spacial score (nSPS) is 13.3. The summed E-state index contributed by atoms with van der Waals surface area (Å²) < 4.78 is 0. The molecule has 2 nitrogen and oxygen atoms in total. The number of ketones is 1. The summed E-state index contributed by atoms with van der Waals surface area (Å²) >= 11 is 0. The summed E-state index contributed by atoms with van der Waals surface area (Å²) in [6, 6.07) is 29.8. The Morgan fingerprint density at radius 3 is 1.84 bits per heavy atom. The largest absolute Gasteiger partial charge is 0.358 e. The fourth-order valence-electron chi connectivity index (χ4n) is 4.15.